The molecule has 0 radical (unpaired) electrons. The molecule has 2 aliphatic carbocycles. The Morgan fingerprint density at radius 3 is 2.16 bits per heavy atom. The lowest BCUT2D eigenvalue weighted by atomic mass is 9.62. The van der Waals surface area contributed by atoms with Crippen molar-refractivity contribution >= 4 is 17.7 Å². The highest BCUT2D eigenvalue weighted by molar-refractivity contribution is 5.94. The molecule has 0 bridgehead atoms. The first-order valence-electron chi connectivity index (χ1n) is 15.3. The standard InChI is InChI=1S/C32H37N9O3/c33-17-24-5-4-14-41(24)27(42)18-36-31(12-2-1-3-13-31)19-32(30-37-39-40-38-30)25-10-8-22(28(34)43)15-20(25)6-7-21-16-23(29(35)44)9-11-26(21)32/h8-11,15-16,24,36H,1-7,12-14,18-19H2,(H2,34,43)(H2,35,44)(H,37,38,39,40)/t24-/m0/s1. The van der Waals surface area contributed by atoms with Gasteiger partial charge in [0.25, 0.3) is 0 Å². The van der Waals surface area contributed by atoms with Crippen molar-refractivity contribution in [2.75, 3.05) is 13.1 Å². The molecule has 0 spiro atoms. The molecule has 1 atom stereocenters. The minimum absolute atomic E-state index is 0.0757. The van der Waals surface area contributed by atoms with Crippen molar-refractivity contribution < 1.29 is 14.4 Å². The number of amides is 3. The number of hydrogen-bond acceptors (Lipinski definition) is 8. The number of nitrogens with one attached hydrogen (secondary N) is 2. The highest BCUT2D eigenvalue weighted by Gasteiger charge is 2.50. The van der Waals surface area contributed by atoms with Crippen LogP contribution in [0.4, 0.5) is 0 Å². The molecule has 2 fully saturated rings. The summed E-state index contributed by atoms with van der Waals surface area (Å²) < 4.78 is 0. The monoisotopic (exact) mass is 595 g/mol. The highest BCUT2D eigenvalue weighted by atomic mass is 16.2. The number of rotatable bonds is 8. The Bertz CT molecular complexity index is 1560. The number of hydrogen-bond donors (Lipinski definition) is 4. The third kappa shape index (κ3) is 5.21. The average molecular weight is 596 g/mol. The van der Waals surface area contributed by atoms with Gasteiger partial charge in [0, 0.05) is 23.2 Å². The van der Waals surface area contributed by atoms with Crippen molar-refractivity contribution in [3.05, 3.63) is 75.6 Å². The molecule has 228 valence electrons. The fourth-order valence-electron chi connectivity index (χ4n) is 7.74. The molecular weight excluding hydrogens is 558 g/mol. The first-order chi connectivity index (χ1) is 21.3. The third-order valence-electron chi connectivity index (χ3n) is 9.86. The van der Waals surface area contributed by atoms with Crippen LogP contribution in [0.2, 0.25) is 0 Å². The Hall–Kier alpha value is -4.63. The fourth-order valence-corrected chi connectivity index (χ4v) is 7.74. The number of tetrazole rings is 1. The van der Waals surface area contributed by atoms with Gasteiger partial charge in [-0.2, -0.15) is 5.26 Å². The Morgan fingerprint density at radius 2 is 1.61 bits per heavy atom. The number of H-pyrrole nitrogens is 1. The van der Waals surface area contributed by atoms with Crippen LogP contribution < -0.4 is 16.8 Å². The molecule has 1 aromatic heterocycles. The van der Waals surface area contributed by atoms with Crippen molar-refractivity contribution in [3.63, 3.8) is 0 Å². The van der Waals surface area contributed by atoms with Gasteiger partial charge < -0.3 is 21.7 Å². The van der Waals surface area contributed by atoms with E-state index in [2.05, 4.69) is 32.0 Å². The van der Waals surface area contributed by atoms with Crippen molar-refractivity contribution in [3.8, 4) is 6.07 Å². The Kier molecular flexibility index (Phi) is 7.90. The zero-order chi connectivity index (χ0) is 30.9. The lowest BCUT2D eigenvalue weighted by Crippen LogP contribution is -2.55. The van der Waals surface area contributed by atoms with Crippen LogP contribution in [0, 0.1) is 11.3 Å². The van der Waals surface area contributed by atoms with Crippen LogP contribution in [-0.4, -0.2) is 67.9 Å². The van der Waals surface area contributed by atoms with Crippen LogP contribution >= 0.6 is 0 Å². The topological polar surface area (TPSA) is 197 Å². The van der Waals surface area contributed by atoms with Gasteiger partial charge >= 0.3 is 0 Å². The number of nitrogens with two attached hydrogens (primary N) is 2. The summed E-state index contributed by atoms with van der Waals surface area (Å²) in [5.41, 5.74) is 14.6. The van der Waals surface area contributed by atoms with E-state index >= 15 is 0 Å². The molecule has 6 rings (SSSR count). The number of nitriles is 1. The number of benzene rings is 2. The smallest absolute Gasteiger partial charge is 0.248 e. The maximum Gasteiger partial charge on any atom is 0.248 e. The number of nitrogens with zero attached hydrogens (tertiary/aromatic N) is 5. The number of likely N-dealkylation sites (tertiary alicyclic amines) is 1. The van der Waals surface area contributed by atoms with Crippen LogP contribution in [0.3, 0.4) is 0 Å². The van der Waals surface area contributed by atoms with E-state index in [0.29, 0.717) is 49.2 Å². The van der Waals surface area contributed by atoms with Gasteiger partial charge in [0.05, 0.1) is 18.0 Å². The van der Waals surface area contributed by atoms with E-state index in [1.165, 1.54) is 0 Å². The molecule has 2 aromatic carbocycles. The summed E-state index contributed by atoms with van der Waals surface area (Å²) in [6.07, 6.45) is 7.94. The second-order valence-electron chi connectivity index (χ2n) is 12.4. The van der Waals surface area contributed by atoms with E-state index in [9.17, 15) is 19.6 Å². The molecule has 0 unspecified atom stereocenters. The lowest BCUT2D eigenvalue weighted by molar-refractivity contribution is -0.130. The van der Waals surface area contributed by atoms with Crippen molar-refractivity contribution in [1.29, 1.82) is 5.26 Å². The van der Waals surface area contributed by atoms with E-state index in [-0.39, 0.29) is 12.5 Å². The second kappa shape index (κ2) is 11.8. The van der Waals surface area contributed by atoms with Gasteiger partial charge in [-0.1, -0.05) is 31.4 Å². The molecule has 12 heteroatoms. The zero-order valence-electron chi connectivity index (χ0n) is 24.6. The predicted molar refractivity (Wildman–Crippen MR) is 160 cm³/mol. The minimum atomic E-state index is -0.923. The highest BCUT2D eigenvalue weighted by Crippen LogP contribution is 2.50. The van der Waals surface area contributed by atoms with Crippen molar-refractivity contribution in [1.82, 2.24) is 30.8 Å². The summed E-state index contributed by atoms with van der Waals surface area (Å²) in [5.74, 6) is -0.575. The number of primary amides is 2. The van der Waals surface area contributed by atoms with Crippen LogP contribution in [-0.2, 0) is 23.1 Å². The molecule has 1 saturated carbocycles. The van der Waals surface area contributed by atoms with Gasteiger partial charge in [-0.25, -0.2) is 5.10 Å². The van der Waals surface area contributed by atoms with Gasteiger partial charge in [0.2, 0.25) is 17.7 Å². The Balaban J connectivity index is 1.51. The molecule has 1 saturated heterocycles. The summed E-state index contributed by atoms with van der Waals surface area (Å²) >= 11 is 0. The summed E-state index contributed by atoms with van der Waals surface area (Å²) in [6.45, 7) is 0.703. The maximum absolute atomic E-state index is 13.4. The molecule has 3 amide bonds. The largest absolute Gasteiger partial charge is 0.366 e. The van der Waals surface area contributed by atoms with Gasteiger partial charge in [0.1, 0.15) is 6.04 Å². The third-order valence-corrected chi connectivity index (χ3v) is 9.86. The van der Waals surface area contributed by atoms with E-state index in [1.807, 2.05) is 24.3 Å². The van der Waals surface area contributed by atoms with E-state index < -0.39 is 28.8 Å². The number of aryl methyl sites for hydroxylation is 2. The molecule has 3 aliphatic rings. The molecule has 1 aliphatic heterocycles. The number of aromatic nitrogens is 4. The van der Waals surface area contributed by atoms with E-state index in [1.54, 1.807) is 17.0 Å². The Morgan fingerprint density at radius 1 is 0.977 bits per heavy atom. The molecule has 12 nitrogen and oxygen atoms in total. The van der Waals surface area contributed by atoms with Gasteiger partial charge in [0.15, 0.2) is 5.82 Å². The van der Waals surface area contributed by atoms with Crippen LogP contribution in [0.1, 0.15) is 100 Å². The van der Waals surface area contributed by atoms with E-state index in [0.717, 1.165) is 60.8 Å². The van der Waals surface area contributed by atoms with Gasteiger partial charge in [-0.3, -0.25) is 14.4 Å². The quantitative estimate of drug-likeness (QED) is 0.303. The van der Waals surface area contributed by atoms with E-state index in [4.69, 9.17) is 11.5 Å². The predicted octanol–water partition coefficient (Wildman–Crippen LogP) is 2.03. The number of carbonyl (C=O) groups is 3. The summed E-state index contributed by atoms with van der Waals surface area (Å²) in [7, 11) is 0. The lowest BCUT2D eigenvalue weighted by Gasteiger charge is -2.46. The van der Waals surface area contributed by atoms with Gasteiger partial charge in [-0.15, -0.1) is 5.10 Å². The first-order valence-corrected chi connectivity index (χ1v) is 15.3. The number of fused-ring (bicyclic) bond motifs is 2. The maximum atomic E-state index is 13.4. The summed E-state index contributed by atoms with van der Waals surface area (Å²) in [4.78, 5) is 39.6. The van der Waals surface area contributed by atoms with Crippen LogP contribution in [0.25, 0.3) is 0 Å². The van der Waals surface area contributed by atoms with Crippen molar-refractivity contribution in [2.45, 2.75) is 81.2 Å². The van der Waals surface area contributed by atoms with Crippen molar-refractivity contribution in [2.24, 2.45) is 11.5 Å². The summed E-state index contributed by atoms with van der Waals surface area (Å²) in [6, 6.07) is 12.9. The SMILES string of the molecule is N#C[C@@H]1CCCN1C(=O)CNC1(CC2(c3nnn[nH]3)c3ccc(C(N)=O)cc3CCc3cc(C(N)=O)ccc32)CCCCC1. The fraction of sp³-hybridized carbons (Fsp3) is 0.469. The molecule has 44 heavy (non-hydrogen) atoms. The molecular formula is C32H37N9O3. The summed E-state index contributed by atoms with van der Waals surface area (Å²) in [5, 5.41) is 28.8. The average Bonchev–Trinajstić information content (AvgIpc) is 3.73. The zero-order valence-corrected chi connectivity index (χ0v) is 24.6. The number of carbonyl (C=O) groups excluding carboxylic acids is 3. The first kappa shape index (κ1) is 29.4. The minimum Gasteiger partial charge on any atom is -0.366 e. The van der Waals surface area contributed by atoms with Crippen LogP contribution in [0.15, 0.2) is 36.4 Å². The van der Waals surface area contributed by atoms with Gasteiger partial charge in [-0.05, 0) is 102 Å². The molecule has 6 N–H and O–H groups in total. The molecule has 2 heterocycles. The number of aromatic amines is 1. The second-order valence-corrected chi connectivity index (χ2v) is 12.4. The molecule has 3 aromatic rings. The Labute approximate surface area is 255 Å². The normalized spacial score (nSPS) is 20.2. The van der Waals surface area contributed by atoms with Crippen LogP contribution in [0.5, 0.6) is 0 Å².